The van der Waals surface area contributed by atoms with E-state index in [1.807, 2.05) is 99.0 Å². The summed E-state index contributed by atoms with van der Waals surface area (Å²) < 4.78 is 36.8. The molecule has 28 nitrogen and oxygen atoms in total. The van der Waals surface area contributed by atoms with Crippen LogP contribution >= 0.6 is 34.8 Å². The van der Waals surface area contributed by atoms with E-state index in [0.29, 0.717) is 52.3 Å². The summed E-state index contributed by atoms with van der Waals surface area (Å²) in [7, 11) is 6.45. The number of hydrogen-bond donors (Lipinski definition) is 6. The number of hydrogen-bond acceptors (Lipinski definition) is 20. The number of aromatic nitrogens is 13. The molecule has 0 saturated carbocycles. The smallest absolute Gasteiger partial charge is 0.248 e. The van der Waals surface area contributed by atoms with Crippen LogP contribution in [0.3, 0.4) is 0 Å². The Balaban J connectivity index is 0.000000145. The van der Waals surface area contributed by atoms with Gasteiger partial charge in [0, 0.05) is 37.7 Å². The molecular weight excluding hydrogens is 1340 g/mol. The van der Waals surface area contributed by atoms with Crippen LogP contribution in [0.4, 0.5) is 23.4 Å². The van der Waals surface area contributed by atoms with Gasteiger partial charge in [-0.2, -0.15) is 9.97 Å². The summed E-state index contributed by atoms with van der Waals surface area (Å²) in [5, 5.41) is 19.3. The zero-order valence-corrected chi connectivity index (χ0v) is 54.4. The number of halogens is 4. The second kappa shape index (κ2) is 30.2. The van der Waals surface area contributed by atoms with Gasteiger partial charge in [-0.25, -0.2) is 23.5 Å². The number of methoxy groups -OCH3 is 4. The summed E-state index contributed by atoms with van der Waals surface area (Å²) in [4.78, 5) is 59.2. The number of amides is 3. The van der Waals surface area contributed by atoms with Gasteiger partial charge < -0.3 is 46.9 Å². The fourth-order valence-corrected chi connectivity index (χ4v) is 11.8. The molecule has 3 aliphatic heterocycles. The predicted molar refractivity (Wildman–Crippen MR) is 337 cm³/mol. The van der Waals surface area contributed by atoms with Gasteiger partial charge in [0.25, 0.3) is 0 Å². The number of imidazole rings is 2. The van der Waals surface area contributed by atoms with Crippen molar-refractivity contribution < 1.29 is 54.8 Å². The summed E-state index contributed by atoms with van der Waals surface area (Å²) in [5.74, 6) is 4.07. The summed E-state index contributed by atoms with van der Waals surface area (Å²) in [6.45, 7) is 6.49. The number of anilines is 4. The van der Waals surface area contributed by atoms with Crippen molar-refractivity contribution in [3.8, 4) is 34.4 Å². The number of alkyl halides is 1. The largest absolute Gasteiger partial charge is 0.496 e. The number of aryl methyl sites for hydroxylation is 1. The summed E-state index contributed by atoms with van der Waals surface area (Å²) >= 11 is 16.9. The molecule has 476 valence electrons. The van der Waals surface area contributed by atoms with Gasteiger partial charge in [-0.15, -0.1) is 15.3 Å². The Morgan fingerprint density at radius 1 is 0.644 bits per heavy atom. The van der Waals surface area contributed by atoms with E-state index in [9.17, 15) is 14.4 Å². The zero-order chi connectivity index (χ0) is 64.2. The van der Waals surface area contributed by atoms with E-state index in [1.54, 1.807) is 67.0 Å². The van der Waals surface area contributed by atoms with Crippen molar-refractivity contribution in [2.24, 2.45) is 21.1 Å². The third-order valence-electron chi connectivity index (χ3n) is 14.9. The molecule has 0 bridgehead atoms. The van der Waals surface area contributed by atoms with Crippen LogP contribution in [-0.2, 0) is 18.8 Å². The van der Waals surface area contributed by atoms with Gasteiger partial charge in [-0.1, -0.05) is 11.6 Å². The molecule has 32 heteroatoms. The number of ether oxygens (including phenoxy) is 4. The van der Waals surface area contributed by atoms with E-state index in [2.05, 4.69) is 58.9 Å². The van der Waals surface area contributed by atoms with E-state index < -0.39 is 0 Å². The minimum absolute atomic E-state index is 0.0463. The Labute approximate surface area is 542 Å². The van der Waals surface area contributed by atoms with Crippen molar-refractivity contribution in [3.05, 3.63) is 137 Å². The molecule has 90 heavy (non-hydrogen) atoms. The molecule has 0 spiro atoms. The van der Waals surface area contributed by atoms with Crippen molar-refractivity contribution in [2.45, 2.75) is 74.9 Å². The Bertz CT molecular complexity index is 4110. The van der Waals surface area contributed by atoms with Gasteiger partial charge in [0.1, 0.15) is 40.7 Å². The maximum absolute atomic E-state index is 12.0. The van der Waals surface area contributed by atoms with Crippen LogP contribution in [0, 0.1) is 13.8 Å². The SMILES string of the molecule is COc1cc(-n2cnc(C[I-]N)c2)cc(OC)c1OC.COc1cc(-n2cnc(Nc3nc(N4CCC[C@H]4C(N)=O)c4cccn4n3)c2)cc(C)c1C.Clc1nc(Cl)c2cccn2n1.NC(=O)[C@@H]1CCCN1.NC(=O)[C@@H]1CCCN1c1nc(Cl)nn2cccc12. The number of carbonyl (C=O) groups excluding carboxylic acids is 3. The van der Waals surface area contributed by atoms with Gasteiger partial charge in [-0.3, -0.25) is 14.4 Å². The number of nitrogens with one attached hydrogen (secondary N) is 2. The number of nitrogens with zero attached hydrogens (tertiary/aromatic N) is 15. The normalized spacial score (nSPS) is 15.9. The maximum Gasteiger partial charge on any atom is 0.248 e. The average molecular weight is 1400 g/mol. The molecule has 0 unspecified atom stereocenters. The summed E-state index contributed by atoms with van der Waals surface area (Å²) in [6, 6.07) is 18.3. The molecule has 2 aromatic carbocycles. The van der Waals surface area contributed by atoms with Crippen LogP contribution in [0.25, 0.3) is 27.9 Å². The third-order valence-corrected chi connectivity index (χ3v) is 16.7. The molecule has 10 aromatic rings. The van der Waals surface area contributed by atoms with Crippen LogP contribution in [0.2, 0.25) is 15.7 Å². The minimum Gasteiger partial charge on any atom is -0.496 e. The Kier molecular flexibility index (Phi) is 22.0. The maximum atomic E-state index is 12.0. The molecule has 0 radical (unpaired) electrons. The standard InChI is InChI=1S/C23H26N8O2.C13H17IN3O3.C11H12ClN5O.C6H3Cl2N3.C5H10N2O/c1-14-10-16(11-19(33-3)15(14)2)29-12-20(25-13-29)26-23-27-22(18-7-5-9-31(18)28-23)30-8-4-6-17(30)21(24)32;1-18-11-4-10(5-12(19-2)13(11)20-3)17-7-9(6-14-15)16-8-17;12-11-14-10(8-4-2-6-17(8)15-11)16-5-1-3-7(16)9(13)18;7-5-4-2-1-3-11(4)10-6(8)9-5;6-5(8)4-2-1-3-7-4/h5,7,9-13,17H,4,6,8H2,1-3H3,(H2,24,32)(H,26,28);4-5,7-8H,6,15H2,1-3H3;2,4,6-7H,1,3,5H2,(H2,13,18);1-3H;4,7H,1-3H2,(H2,6,8)/q;-1;;;/t17-;;7-;;4-/m0.0.0/s1. The molecule has 8 aromatic heterocycles. The van der Waals surface area contributed by atoms with Gasteiger partial charge in [-0.05, 0) is 136 Å². The molecule has 0 aliphatic carbocycles. The predicted octanol–water partition coefficient (Wildman–Crippen LogP) is 3.20. The fourth-order valence-electron chi connectivity index (χ4n) is 10.4. The molecule has 13 rings (SSSR count). The van der Waals surface area contributed by atoms with Crippen LogP contribution in [0.15, 0.2) is 104 Å². The number of rotatable bonds is 15. The molecule has 11 heterocycles. The van der Waals surface area contributed by atoms with Gasteiger partial charge in [0.2, 0.25) is 34.2 Å². The topological polar surface area (TPSA) is 349 Å². The first-order valence-corrected chi connectivity index (χ1v) is 32.1. The first kappa shape index (κ1) is 65.7. The minimum atomic E-state index is -0.370. The van der Waals surface area contributed by atoms with Crippen molar-refractivity contribution in [2.75, 3.05) is 63.2 Å². The first-order chi connectivity index (χ1) is 43.4. The second-order valence-corrected chi connectivity index (χ2v) is 23.2. The molecule has 3 aliphatic rings. The first-order valence-electron chi connectivity index (χ1n) is 28.2. The second-order valence-electron chi connectivity index (χ2n) is 20.5. The third kappa shape index (κ3) is 15.4. The van der Waals surface area contributed by atoms with E-state index in [-0.39, 0.29) is 67.9 Å². The van der Waals surface area contributed by atoms with E-state index in [4.69, 9.17) is 79.9 Å². The fraction of sp³-hybridized carbons (Fsp3) is 0.328. The van der Waals surface area contributed by atoms with Crippen molar-refractivity contribution in [1.29, 1.82) is 0 Å². The molecule has 3 fully saturated rings. The molecule has 3 atom stereocenters. The van der Waals surface area contributed by atoms with Crippen molar-refractivity contribution >= 4 is 92.5 Å². The summed E-state index contributed by atoms with van der Waals surface area (Å²) in [5.41, 5.74) is 23.5. The van der Waals surface area contributed by atoms with Crippen molar-refractivity contribution in [1.82, 2.24) is 68.2 Å². The number of benzene rings is 2. The monoisotopic (exact) mass is 1400 g/mol. The Hall–Kier alpha value is -8.75. The number of fused-ring (bicyclic) bond motifs is 3. The number of nitrogens with two attached hydrogens (primary N) is 4. The molecule has 3 saturated heterocycles. The number of primary amides is 3. The quantitative estimate of drug-likeness (QED) is 0.0487. The van der Waals surface area contributed by atoms with Crippen LogP contribution < -0.4 is 82.0 Å². The van der Waals surface area contributed by atoms with E-state index >= 15 is 0 Å². The van der Waals surface area contributed by atoms with Crippen LogP contribution in [-0.4, -0.2) is 147 Å². The van der Waals surface area contributed by atoms with E-state index in [1.165, 1.54) is 0 Å². The summed E-state index contributed by atoms with van der Waals surface area (Å²) in [6.07, 6.45) is 18.0. The number of carbonyl (C=O) groups is 3. The molecule has 3 amide bonds. The molecular formula is C58H68Cl3IN21O7-. The Morgan fingerprint density at radius 2 is 1.18 bits per heavy atom. The zero-order valence-electron chi connectivity index (χ0n) is 50.0. The average Bonchev–Trinajstić information content (AvgIpc) is 2.45. The van der Waals surface area contributed by atoms with E-state index in [0.717, 1.165) is 107 Å². The van der Waals surface area contributed by atoms with Gasteiger partial charge >= 0.3 is 128 Å². The molecule has 10 N–H and O–H groups in total. The van der Waals surface area contributed by atoms with Crippen molar-refractivity contribution in [3.63, 3.8) is 0 Å². The van der Waals surface area contributed by atoms with Gasteiger partial charge in [0.05, 0.1) is 25.0 Å². The Morgan fingerprint density at radius 3 is 1.72 bits per heavy atom. The van der Waals surface area contributed by atoms with Crippen LogP contribution in [0.1, 0.15) is 55.3 Å². The van der Waals surface area contributed by atoms with Gasteiger partial charge in [0.15, 0.2) is 22.6 Å². The van der Waals surface area contributed by atoms with Crippen LogP contribution in [0.5, 0.6) is 23.0 Å².